The van der Waals surface area contributed by atoms with Crippen LogP contribution in [0.2, 0.25) is 10.0 Å². The van der Waals surface area contributed by atoms with Gasteiger partial charge >= 0.3 is 64.6 Å². The summed E-state index contributed by atoms with van der Waals surface area (Å²) in [7, 11) is -12.7. The predicted octanol–water partition coefficient (Wildman–Crippen LogP) is 12.1. The first-order valence-electron chi connectivity index (χ1n) is 29.8. The Morgan fingerprint density at radius 2 is 1.11 bits per heavy atom. The maximum atomic E-state index is 15.3. The number of benzene rings is 4. The second-order valence-electron chi connectivity index (χ2n) is 21.2. The van der Waals surface area contributed by atoms with Crippen molar-refractivity contribution in [2.24, 2.45) is 5.73 Å². The number of aliphatic hydroxyl groups is 3. The largest absolute Gasteiger partial charge is 0.530 e. The normalized spacial score (nSPS) is 25.3. The molecule has 6 aromatic rings. The summed E-state index contributed by atoms with van der Waals surface area (Å²) in [5, 5.41) is 34.9. The summed E-state index contributed by atoms with van der Waals surface area (Å²) >= 11 is 22.4. The van der Waals surface area contributed by atoms with E-state index in [0.29, 0.717) is 55.5 Å². The van der Waals surface area contributed by atoms with E-state index in [1.54, 1.807) is 118 Å². The minimum absolute atomic E-state index is 0. The highest BCUT2D eigenvalue weighted by molar-refractivity contribution is 8.05. The van der Waals surface area contributed by atoms with E-state index < -0.39 is 133 Å². The molecule has 4 fully saturated rings. The fourth-order valence-corrected chi connectivity index (χ4v) is 14.7. The van der Waals surface area contributed by atoms with Crippen molar-refractivity contribution in [3.63, 3.8) is 0 Å². The van der Waals surface area contributed by atoms with Gasteiger partial charge in [0.05, 0.1) is 51.8 Å². The fourth-order valence-electron chi connectivity index (χ4n) is 9.09. The number of phosphoric ester groups is 1. The Bertz CT molecular complexity index is 4060. The smallest absolute Gasteiger partial charge is 0.465 e. The molecule has 556 valence electrons. The Hall–Kier alpha value is -5.61. The van der Waals surface area contributed by atoms with Crippen molar-refractivity contribution in [2.45, 2.75) is 114 Å². The van der Waals surface area contributed by atoms with Gasteiger partial charge in [-0.25, -0.2) is 32.6 Å². The van der Waals surface area contributed by atoms with Gasteiger partial charge in [-0.1, -0.05) is 83.9 Å². The molecule has 4 aliphatic rings. The molecule has 4 saturated heterocycles. The Labute approximate surface area is 599 Å². The fraction of sp³-hybridized carbons (Fsp3) is 0.414. The van der Waals surface area contributed by atoms with Gasteiger partial charge in [-0.2, -0.15) is 27.5 Å². The number of anilines is 2. The number of rotatable bonds is 22. The van der Waals surface area contributed by atoms with Crippen molar-refractivity contribution in [3.05, 3.63) is 176 Å². The van der Waals surface area contributed by atoms with Gasteiger partial charge in [-0.15, -0.1) is 12.4 Å². The van der Waals surface area contributed by atoms with Gasteiger partial charge in [0.15, 0.2) is 18.3 Å². The number of nitrogens with two attached hydrogens (primary N) is 1. The van der Waals surface area contributed by atoms with Crippen molar-refractivity contribution < 1.29 is 116 Å². The van der Waals surface area contributed by atoms with Gasteiger partial charge < -0.3 is 49.0 Å². The Morgan fingerprint density at radius 1 is 0.683 bits per heavy atom. The second kappa shape index (κ2) is 37.4. The molecule has 10 rings (SSSR count). The van der Waals surface area contributed by atoms with Crippen LogP contribution in [0.4, 0.5) is 29.2 Å². The summed E-state index contributed by atoms with van der Waals surface area (Å²) in [6.45, 7) is 4.76. The minimum atomic E-state index is -4.74. The maximum Gasteiger partial charge on any atom is 0.530 e. The number of carbonyl (C=O) groups is 2. The zero-order chi connectivity index (χ0) is 73.4. The third-order valence-electron chi connectivity index (χ3n) is 13.7. The number of phosphoric acid groups is 1. The van der Waals surface area contributed by atoms with Crippen molar-refractivity contribution in [1.29, 1.82) is 0 Å². The molecule has 0 spiro atoms. The standard InChI is InChI=1S/C29H32ClF2N3O12P2.C18H19ClF2N3O7P.C6H5Cl2O2P.C5H11NO2.ClH/c1-3-41-26(37)18(2)45-49(40,46-21-10-5-4-6-11-21)43-17-23-25(36)29(31,32)27(44-23)35-14-12-24(33-28(35)38)34-48(39)42-15-13-22(47-48)19-8-7-9-20(30)16-19;19-11-3-1-2-10(8-11)12-5-7-29-32(28,31-12)23-14-4-6-24(17(27)22-14)16-18(20,21)15(26)13(9-25)30-16;7-11(8,9)10-6-4-2-1-3-5-6;1-3-8-5(7)4(2)6;/h4-12,14,16,18,22-23,25,27,36H,3,13,15,17H2,1-2H3,(H,33,34,38,39);1-4,6,8,12-13,15-16,25-26H,5,7,9H2,(H,22,23,27,28);1-5H;4H,3,6H2,1-2H3;1H/t18-,22?,23+,25-,27+,48?,49?;12?,13-,15+,16-,32?;;4-;/m01.0./s1. The molecule has 4 aromatic carbocycles. The lowest BCUT2D eigenvalue weighted by molar-refractivity contribution is -0.151. The number of halogens is 9. The lowest BCUT2D eigenvalue weighted by Crippen LogP contribution is -2.42. The van der Waals surface area contributed by atoms with Gasteiger partial charge in [0.25, 0.3) is 0 Å². The summed E-state index contributed by atoms with van der Waals surface area (Å²) < 4.78 is 173. The van der Waals surface area contributed by atoms with Crippen LogP contribution in [0, 0.1) is 0 Å². The molecule has 0 bridgehead atoms. The highest BCUT2D eigenvalue weighted by atomic mass is 35.9. The molecule has 0 aliphatic carbocycles. The zero-order valence-corrected chi connectivity index (χ0v) is 60.6. The number of hydrogen-bond donors (Lipinski definition) is 6. The number of aromatic nitrogens is 4. The maximum absolute atomic E-state index is 15.3. The highest BCUT2D eigenvalue weighted by Crippen LogP contribution is 2.59. The van der Waals surface area contributed by atoms with E-state index in [1.165, 1.54) is 19.1 Å². The van der Waals surface area contributed by atoms with E-state index in [-0.39, 0.29) is 55.6 Å². The van der Waals surface area contributed by atoms with E-state index in [9.17, 15) is 56.4 Å². The molecule has 101 heavy (non-hydrogen) atoms. The molecule has 2 aromatic heterocycles. The van der Waals surface area contributed by atoms with Crippen LogP contribution in [0.5, 0.6) is 11.5 Å². The van der Waals surface area contributed by atoms with Gasteiger partial charge in [-0.3, -0.25) is 51.2 Å². The first-order valence-corrected chi connectivity index (χ1v) is 38.5. The van der Waals surface area contributed by atoms with Crippen molar-refractivity contribution in [1.82, 2.24) is 19.1 Å². The van der Waals surface area contributed by atoms with Gasteiger partial charge in [0.1, 0.15) is 41.4 Å². The average Bonchev–Trinajstić information content (AvgIpc) is 1.77. The van der Waals surface area contributed by atoms with E-state index in [1.807, 2.05) is 0 Å². The van der Waals surface area contributed by atoms with Crippen LogP contribution >= 0.6 is 87.5 Å². The molecular weight excluding hydrogens is 1540 g/mol. The van der Waals surface area contributed by atoms with E-state index in [0.717, 1.165) is 24.5 Å². The topological polar surface area (TPSA) is 394 Å². The second-order valence-corrected chi connectivity index (χ2v) is 31.2. The molecule has 43 heteroatoms. The number of hydrogen-bond acceptors (Lipinski definition) is 26. The van der Waals surface area contributed by atoms with Crippen molar-refractivity contribution >= 4 is 111 Å². The quantitative estimate of drug-likeness (QED) is 0.0209. The van der Waals surface area contributed by atoms with Crippen LogP contribution in [0.3, 0.4) is 0 Å². The first-order chi connectivity index (χ1) is 47.1. The first kappa shape index (κ1) is 84.3. The Morgan fingerprint density at radius 3 is 1.50 bits per heavy atom. The number of alkyl halides is 4. The van der Waals surface area contributed by atoms with E-state index in [2.05, 4.69) is 29.4 Å². The van der Waals surface area contributed by atoms with Crippen LogP contribution in [0.15, 0.2) is 143 Å². The van der Waals surface area contributed by atoms with Crippen LogP contribution in [0.25, 0.3) is 0 Å². The summed E-state index contributed by atoms with van der Waals surface area (Å²) in [6, 6.07) is 31.3. The molecule has 4 aliphatic heterocycles. The van der Waals surface area contributed by atoms with Crippen molar-refractivity contribution in [2.75, 3.05) is 49.8 Å². The predicted molar refractivity (Wildman–Crippen MR) is 360 cm³/mol. The number of para-hydroxylation sites is 2. The summed E-state index contributed by atoms with van der Waals surface area (Å²) in [6.07, 6.45) is -16.5. The molecule has 5 unspecified atom stereocenters. The van der Waals surface area contributed by atoms with Crippen LogP contribution in [0.1, 0.15) is 76.3 Å². The van der Waals surface area contributed by atoms with E-state index in [4.69, 9.17) is 102 Å². The Balaban J connectivity index is 0.000000261. The average molecular weight is 1610 g/mol. The molecule has 30 nitrogen and oxygen atoms in total. The number of ether oxygens (including phenoxy) is 4. The summed E-state index contributed by atoms with van der Waals surface area (Å²) in [4.78, 5) is 55.1. The van der Waals surface area contributed by atoms with E-state index >= 15 is 8.78 Å². The molecule has 13 atom stereocenters. The number of aliphatic hydroxyl groups excluding tert-OH is 3. The van der Waals surface area contributed by atoms with Gasteiger partial charge in [0.2, 0.25) is 12.5 Å². The SMILES string of the molecule is CCOC(=O)[C@H](C)N.CCOC(=O)[C@H](C)OP(=O)(OC[C@H]1O[C@@H](n2ccc(NP3(=O)OCCC(c4cccc(Cl)c4)O3)nc2=O)C(F)(F)[C@H]1O)Oc1ccccc1.Cl.O=P(Cl)(Cl)Oc1ccccc1.O=c1nc(NP2(=O)OCCC(c3cccc(Cl)c3)O2)ccn1[C@@H]1O[C@H](CO)[C@H](O)C1(F)F. The number of nitrogens with one attached hydrogen (secondary N) is 2. The molecule has 0 saturated carbocycles. The van der Waals surface area contributed by atoms with Crippen LogP contribution < -0.4 is 36.3 Å². The lowest BCUT2D eigenvalue weighted by Gasteiger charge is -2.30. The number of carbonyl (C=O) groups excluding carboxylic acids is 2. The highest BCUT2D eigenvalue weighted by Gasteiger charge is 2.61. The summed E-state index contributed by atoms with van der Waals surface area (Å²) in [5.41, 5.74) is 4.03. The molecule has 7 N–H and O–H groups in total. The third-order valence-corrected chi connectivity index (χ3v) is 19.6. The molecule has 0 radical (unpaired) electrons. The molecule has 0 amide bonds. The lowest BCUT2D eigenvalue weighted by atomic mass is 10.1. The minimum Gasteiger partial charge on any atom is -0.465 e. The molecular formula is C58H68Cl5F4N7O23P4. The van der Waals surface area contributed by atoms with Gasteiger partial charge in [-0.05, 0) is 99.5 Å². The molecule has 6 heterocycles. The third kappa shape index (κ3) is 24.0. The van der Waals surface area contributed by atoms with Crippen LogP contribution in [-0.4, -0.2) is 134 Å². The van der Waals surface area contributed by atoms with Gasteiger partial charge in [0, 0.05) is 57.8 Å². The van der Waals surface area contributed by atoms with Crippen molar-refractivity contribution in [3.8, 4) is 11.5 Å². The summed E-state index contributed by atoms with van der Waals surface area (Å²) in [5.74, 6) is -9.33. The number of nitrogens with zero attached hydrogens (tertiary/aromatic N) is 4. The monoisotopic (exact) mass is 1610 g/mol. The Kier molecular flexibility index (Phi) is 31.2. The number of esters is 2. The van der Waals surface area contributed by atoms with Crippen LogP contribution in [-0.2, 0) is 73.9 Å². The zero-order valence-electron chi connectivity index (χ0n) is 53.2.